The van der Waals surface area contributed by atoms with E-state index in [2.05, 4.69) is 117 Å². The van der Waals surface area contributed by atoms with Gasteiger partial charge >= 0.3 is 0 Å². The SMILES string of the molecule is C=c1c2ccc(Nc3c(S)cc4cccc(N)c4c3C)cc2c(=C)c2ccc(N=Nc3c(C)cc4ccccc4c3C)cc12.CC. The standard InChI is InChI=1S/C39H32N4S.C2H6/c1-21-17-26-9-6-7-11-30(26)24(4)38(21)43-42-29-14-16-32-22(2)33-19-28(13-15-31(33)23(3)34(32)20-29)41-39-25(5)37-27(18-36(39)44)10-8-12-35(37)40;1-2/h6-20,41,44H,2-3,40H2,1,4-5H3;1-2H3. The molecule has 0 aliphatic carbocycles. The summed E-state index contributed by atoms with van der Waals surface area (Å²) in [5, 5.41) is 23.5. The van der Waals surface area contributed by atoms with Gasteiger partial charge in [0.2, 0.25) is 0 Å². The van der Waals surface area contributed by atoms with Crippen molar-refractivity contribution < 1.29 is 0 Å². The molecule has 5 heteroatoms. The first kappa shape index (κ1) is 30.9. The number of hydrogen-bond acceptors (Lipinski definition) is 5. The number of anilines is 3. The van der Waals surface area contributed by atoms with Crippen LogP contribution in [0.4, 0.5) is 28.4 Å². The van der Waals surface area contributed by atoms with Gasteiger partial charge in [-0.25, -0.2) is 0 Å². The summed E-state index contributed by atoms with van der Waals surface area (Å²) in [5.74, 6) is 0. The van der Waals surface area contributed by atoms with Crippen molar-refractivity contribution in [2.75, 3.05) is 11.1 Å². The van der Waals surface area contributed by atoms with Gasteiger partial charge in [-0.05, 0) is 128 Å². The van der Waals surface area contributed by atoms with Crippen molar-refractivity contribution in [1.29, 1.82) is 0 Å². The smallest absolute Gasteiger partial charge is 0.0921 e. The number of nitrogens with one attached hydrogen (secondary N) is 1. The first-order chi connectivity index (χ1) is 22.2. The molecule has 0 fully saturated rings. The minimum absolute atomic E-state index is 0.754. The first-order valence-corrected chi connectivity index (χ1v) is 16.0. The van der Waals surface area contributed by atoms with Gasteiger partial charge in [-0.15, -0.1) is 17.7 Å². The fourth-order valence-corrected chi connectivity index (χ4v) is 6.83. The molecule has 0 aromatic heterocycles. The van der Waals surface area contributed by atoms with Gasteiger partial charge in [0.1, 0.15) is 0 Å². The second-order valence-corrected chi connectivity index (χ2v) is 12.0. The first-order valence-electron chi connectivity index (χ1n) is 15.6. The van der Waals surface area contributed by atoms with Gasteiger partial charge in [-0.1, -0.05) is 75.5 Å². The van der Waals surface area contributed by atoms with Gasteiger partial charge in [0.25, 0.3) is 0 Å². The number of nitrogens with two attached hydrogens (primary N) is 1. The molecular formula is C41H38N4S. The van der Waals surface area contributed by atoms with Crippen LogP contribution in [0.25, 0.3) is 56.2 Å². The van der Waals surface area contributed by atoms with Crippen LogP contribution in [0, 0.1) is 20.8 Å². The van der Waals surface area contributed by atoms with Gasteiger partial charge in [0.15, 0.2) is 0 Å². The molecular weight excluding hydrogens is 581 g/mol. The Morgan fingerprint density at radius 2 is 1.33 bits per heavy atom. The average molecular weight is 619 g/mol. The highest BCUT2D eigenvalue weighted by atomic mass is 32.1. The Balaban J connectivity index is 0.00000182. The van der Waals surface area contributed by atoms with Crippen molar-refractivity contribution in [3.05, 3.63) is 118 Å². The zero-order valence-electron chi connectivity index (χ0n) is 27.0. The predicted molar refractivity (Wildman–Crippen MR) is 204 cm³/mol. The molecule has 46 heavy (non-hydrogen) atoms. The van der Waals surface area contributed by atoms with Crippen LogP contribution in [0.5, 0.6) is 0 Å². The summed E-state index contributed by atoms with van der Waals surface area (Å²) in [5.41, 5.74) is 14.0. The molecule has 0 aliphatic heterocycles. The van der Waals surface area contributed by atoms with Crippen molar-refractivity contribution >= 4 is 97.3 Å². The molecule has 0 radical (unpaired) electrons. The molecule has 0 unspecified atom stereocenters. The number of hydrogen-bond donors (Lipinski definition) is 3. The maximum Gasteiger partial charge on any atom is 0.0921 e. The molecule has 228 valence electrons. The fourth-order valence-electron chi connectivity index (χ4n) is 6.46. The number of fused-ring (bicyclic) bond motifs is 4. The molecule has 3 N–H and O–H groups in total. The van der Waals surface area contributed by atoms with Gasteiger partial charge in [0.05, 0.1) is 17.1 Å². The Kier molecular flexibility index (Phi) is 8.28. The zero-order chi connectivity index (χ0) is 32.7. The summed E-state index contributed by atoms with van der Waals surface area (Å²) >= 11 is 4.80. The Morgan fingerprint density at radius 3 is 2.09 bits per heavy atom. The molecule has 0 saturated carbocycles. The highest BCUT2D eigenvalue weighted by molar-refractivity contribution is 7.80. The molecule has 0 amide bonds. The lowest BCUT2D eigenvalue weighted by molar-refractivity contribution is 1.20. The second-order valence-electron chi connectivity index (χ2n) is 11.5. The third-order valence-electron chi connectivity index (χ3n) is 8.75. The minimum atomic E-state index is 0.754. The average Bonchev–Trinajstić information content (AvgIpc) is 3.06. The van der Waals surface area contributed by atoms with E-state index < -0.39 is 0 Å². The van der Waals surface area contributed by atoms with E-state index in [-0.39, 0.29) is 0 Å². The molecule has 0 atom stereocenters. The summed E-state index contributed by atoms with van der Waals surface area (Å²) in [6, 6.07) is 31.0. The number of aryl methyl sites for hydroxylation is 3. The molecule has 4 nitrogen and oxygen atoms in total. The normalized spacial score (nSPS) is 11.4. The molecule has 0 bridgehead atoms. The van der Waals surface area contributed by atoms with E-state index in [0.29, 0.717) is 0 Å². The Hall–Kier alpha value is -5.13. The maximum atomic E-state index is 6.34. The third-order valence-corrected chi connectivity index (χ3v) is 9.10. The van der Waals surface area contributed by atoms with Gasteiger partial charge in [-0.3, -0.25) is 0 Å². The van der Waals surface area contributed by atoms with E-state index >= 15 is 0 Å². The summed E-state index contributed by atoms with van der Waals surface area (Å²) < 4.78 is 0. The monoisotopic (exact) mass is 618 g/mol. The second kappa shape index (κ2) is 12.3. The van der Waals surface area contributed by atoms with E-state index in [1.807, 2.05) is 32.0 Å². The molecule has 7 aromatic rings. The highest BCUT2D eigenvalue weighted by Crippen LogP contribution is 2.37. The summed E-state index contributed by atoms with van der Waals surface area (Å²) in [6.45, 7) is 19.2. The zero-order valence-corrected chi connectivity index (χ0v) is 27.9. The number of azo groups is 1. The van der Waals surface area contributed by atoms with E-state index in [1.54, 1.807) is 0 Å². The van der Waals surface area contributed by atoms with Gasteiger partial charge in [-0.2, -0.15) is 5.11 Å². The van der Waals surface area contributed by atoms with E-state index in [1.165, 1.54) is 10.8 Å². The van der Waals surface area contributed by atoms with Crippen molar-refractivity contribution in [2.45, 2.75) is 39.5 Å². The minimum Gasteiger partial charge on any atom is -0.398 e. The molecule has 0 heterocycles. The number of nitrogens with zero attached hydrogens (tertiary/aromatic N) is 2. The summed E-state index contributed by atoms with van der Waals surface area (Å²) in [6.07, 6.45) is 0. The van der Waals surface area contributed by atoms with Crippen molar-refractivity contribution in [3.63, 3.8) is 0 Å². The number of benzene rings is 7. The summed E-state index contributed by atoms with van der Waals surface area (Å²) in [4.78, 5) is 0.864. The van der Waals surface area contributed by atoms with Crippen LogP contribution in [0.1, 0.15) is 30.5 Å². The molecule has 0 aliphatic rings. The van der Waals surface area contributed by atoms with Crippen LogP contribution in [-0.4, -0.2) is 0 Å². The van der Waals surface area contributed by atoms with Gasteiger partial charge in [0, 0.05) is 21.7 Å². The van der Waals surface area contributed by atoms with Crippen LogP contribution >= 0.6 is 12.6 Å². The number of rotatable bonds is 4. The largest absolute Gasteiger partial charge is 0.398 e. The van der Waals surface area contributed by atoms with Gasteiger partial charge < -0.3 is 11.1 Å². The van der Waals surface area contributed by atoms with Crippen LogP contribution in [0.15, 0.2) is 106 Å². The Bertz CT molecular complexity index is 2460. The van der Waals surface area contributed by atoms with Crippen LogP contribution in [0.3, 0.4) is 0 Å². The van der Waals surface area contributed by atoms with E-state index in [4.69, 9.17) is 23.5 Å². The maximum absolute atomic E-state index is 6.34. The van der Waals surface area contributed by atoms with Crippen LogP contribution in [0.2, 0.25) is 0 Å². The predicted octanol–water partition coefficient (Wildman–Crippen LogP) is 11.1. The quantitative estimate of drug-likeness (QED) is 0.0795. The highest BCUT2D eigenvalue weighted by Gasteiger charge is 2.13. The molecule has 0 saturated heterocycles. The Labute approximate surface area is 275 Å². The third kappa shape index (κ3) is 5.27. The lowest BCUT2D eigenvalue weighted by Gasteiger charge is -2.17. The van der Waals surface area contributed by atoms with E-state index in [0.717, 1.165) is 92.8 Å². The molecule has 0 spiro atoms. The summed E-state index contributed by atoms with van der Waals surface area (Å²) in [7, 11) is 0. The topological polar surface area (TPSA) is 62.8 Å². The van der Waals surface area contributed by atoms with E-state index in [9.17, 15) is 0 Å². The molecule has 7 rings (SSSR count). The lowest BCUT2D eigenvalue weighted by atomic mass is 9.97. The van der Waals surface area contributed by atoms with Crippen LogP contribution in [-0.2, 0) is 0 Å². The molecule has 7 aromatic carbocycles. The van der Waals surface area contributed by atoms with Crippen molar-refractivity contribution in [1.82, 2.24) is 0 Å². The number of thiol groups is 1. The van der Waals surface area contributed by atoms with Crippen molar-refractivity contribution in [3.8, 4) is 0 Å². The lowest BCUT2D eigenvalue weighted by Crippen LogP contribution is -2.12. The fraction of sp³-hybridized carbons (Fsp3) is 0.122. The Morgan fingerprint density at radius 1 is 0.652 bits per heavy atom. The number of nitrogen functional groups attached to an aromatic ring is 1. The van der Waals surface area contributed by atoms with Crippen molar-refractivity contribution in [2.24, 2.45) is 10.2 Å². The van der Waals surface area contributed by atoms with Crippen LogP contribution < -0.4 is 21.5 Å².